The standard InChI is InChI=1S/C6H5Br2O3P/c7-4-2-1-3-5(6(4)8)12(9,10)11/h1-3H,(H2,9,10,11)/p-2. The number of hydrogen-bond donors (Lipinski definition) is 0. The van der Waals surface area contributed by atoms with Crippen LogP contribution in [0.3, 0.4) is 0 Å². The van der Waals surface area contributed by atoms with E-state index in [1.165, 1.54) is 12.1 Å². The van der Waals surface area contributed by atoms with Crippen molar-refractivity contribution in [3.8, 4) is 0 Å². The highest BCUT2D eigenvalue weighted by molar-refractivity contribution is 9.13. The molecule has 0 unspecified atom stereocenters. The Labute approximate surface area is 86.9 Å². The monoisotopic (exact) mass is 312 g/mol. The second-order valence-electron chi connectivity index (χ2n) is 2.07. The molecule has 0 heterocycles. The van der Waals surface area contributed by atoms with E-state index in [9.17, 15) is 14.7 Å². The SMILES string of the molecule is [O-][P+]([O-])([O-])c1cccc(Br)c1Br. The summed E-state index contributed by atoms with van der Waals surface area (Å²) in [6, 6.07) is 4.39. The molecular formula is C6H3Br2O3P-2. The van der Waals surface area contributed by atoms with Gasteiger partial charge in [0.2, 0.25) is 0 Å². The van der Waals surface area contributed by atoms with Crippen LogP contribution in [0.5, 0.6) is 0 Å². The maximum Gasteiger partial charge on any atom is 0.0916 e. The van der Waals surface area contributed by atoms with Crippen LogP contribution in [0.4, 0.5) is 0 Å². The topological polar surface area (TPSA) is 69.2 Å². The van der Waals surface area contributed by atoms with Gasteiger partial charge in [-0.3, -0.25) is 0 Å². The fraction of sp³-hybridized carbons (Fsp3) is 0. The van der Waals surface area contributed by atoms with Crippen molar-refractivity contribution in [2.75, 3.05) is 0 Å². The first-order chi connectivity index (χ1) is 5.43. The zero-order valence-electron chi connectivity index (χ0n) is 5.66. The van der Waals surface area contributed by atoms with Crippen LogP contribution in [0, 0.1) is 0 Å². The minimum Gasteiger partial charge on any atom is -0.683 e. The molecular weight excluding hydrogens is 311 g/mol. The molecule has 66 valence electrons. The van der Waals surface area contributed by atoms with E-state index in [-0.39, 0.29) is 9.78 Å². The van der Waals surface area contributed by atoms with E-state index in [1.807, 2.05) is 0 Å². The Hall–Kier alpha value is 0.490. The van der Waals surface area contributed by atoms with E-state index in [2.05, 4.69) is 31.9 Å². The molecule has 3 nitrogen and oxygen atoms in total. The normalized spacial score (nSPS) is 11.8. The summed E-state index contributed by atoms with van der Waals surface area (Å²) in [5.74, 6) is 0. The highest BCUT2D eigenvalue weighted by Gasteiger charge is 2.10. The van der Waals surface area contributed by atoms with Gasteiger partial charge in [-0.25, -0.2) is 0 Å². The van der Waals surface area contributed by atoms with Gasteiger partial charge in [0.15, 0.2) is 0 Å². The molecule has 12 heavy (non-hydrogen) atoms. The van der Waals surface area contributed by atoms with Crippen LogP contribution in [0.25, 0.3) is 0 Å². The summed E-state index contributed by atoms with van der Waals surface area (Å²) in [6.45, 7) is 0. The predicted molar refractivity (Wildman–Crippen MR) is 48.4 cm³/mol. The maximum atomic E-state index is 10.6. The molecule has 0 aliphatic heterocycles. The summed E-state index contributed by atoms with van der Waals surface area (Å²) < 4.78 is 0.824. The first-order valence-electron chi connectivity index (χ1n) is 2.89. The molecule has 0 saturated heterocycles. The molecule has 6 heteroatoms. The second-order valence-corrected chi connectivity index (χ2v) is 5.19. The van der Waals surface area contributed by atoms with Crippen LogP contribution in [0.2, 0.25) is 0 Å². The van der Waals surface area contributed by atoms with Gasteiger partial charge in [0.1, 0.15) is 0 Å². The van der Waals surface area contributed by atoms with Gasteiger partial charge in [-0.2, -0.15) is 0 Å². The van der Waals surface area contributed by atoms with E-state index in [4.69, 9.17) is 0 Å². The molecule has 0 saturated carbocycles. The maximum absolute atomic E-state index is 10.6. The summed E-state index contributed by atoms with van der Waals surface area (Å²) in [5, 5.41) is -0.225. The number of benzene rings is 1. The molecule has 0 atom stereocenters. The van der Waals surface area contributed by atoms with Gasteiger partial charge in [0.25, 0.3) is 0 Å². The highest BCUT2D eigenvalue weighted by atomic mass is 79.9. The summed E-state index contributed by atoms with van der Waals surface area (Å²) >= 11 is 6.09. The lowest BCUT2D eigenvalue weighted by atomic mass is 10.4. The fourth-order valence-corrected chi connectivity index (χ4v) is 2.77. The fourth-order valence-electron chi connectivity index (χ4n) is 0.704. The Morgan fingerprint density at radius 1 is 1.08 bits per heavy atom. The molecule has 1 aromatic carbocycles. The van der Waals surface area contributed by atoms with Crippen molar-refractivity contribution in [1.82, 2.24) is 0 Å². The van der Waals surface area contributed by atoms with Crippen molar-refractivity contribution in [2.24, 2.45) is 0 Å². The average molecular weight is 314 g/mol. The molecule has 0 aliphatic carbocycles. The van der Waals surface area contributed by atoms with E-state index in [1.54, 1.807) is 6.07 Å². The molecule has 0 fully saturated rings. The van der Waals surface area contributed by atoms with Gasteiger partial charge in [-0.05, 0) is 44.0 Å². The summed E-state index contributed by atoms with van der Waals surface area (Å²) in [6.07, 6.45) is 0. The molecule has 0 N–H and O–H groups in total. The third kappa shape index (κ3) is 2.25. The van der Waals surface area contributed by atoms with Crippen LogP contribution < -0.4 is 20.0 Å². The van der Waals surface area contributed by atoms with Crippen molar-refractivity contribution in [3.63, 3.8) is 0 Å². The lowest BCUT2D eigenvalue weighted by Crippen LogP contribution is -2.41. The van der Waals surface area contributed by atoms with E-state index in [0.29, 0.717) is 4.47 Å². The molecule has 0 amide bonds. The van der Waals surface area contributed by atoms with Crippen LogP contribution in [-0.4, -0.2) is 0 Å². The zero-order valence-corrected chi connectivity index (χ0v) is 9.73. The average Bonchev–Trinajstić information content (AvgIpc) is 1.92. The van der Waals surface area contributed by atoms with Gasteiger partial charge in [0.05, 0.1) is 9.78 Å². The summed E-state index contributed by atoms with van der Waals surface area (Å²) in [5.41, 5.74) is 0. The molecule has 0 bridgehead atoms. The molecule has 0 spiro atoms. The van der Waals surface area contributed by atoms with Crippen molar-refractivity contribution in [1.29, 1.82) is 0 Å². The van der Waals surface area contributed by atoms with Gasteiger partial charge in [-0.15, -0.1) is 7.94 Å². The second kappa shape index (κ2) is 3.70. The molecule has 1 rings (SSSR count). The minimum absolute atomic E-state index is 0.225. The Balaban J connectivity index is 3.26. The third-order valence-electron chi connectivity index (χ3n) is 1.23. The lowest BCUT2D eigenvalue weighted by molar-refractivity contribution is -0.421. The Morgan fingerprint density at radius 3 is 2.08 bits per heavy atom. The van der Waals surface area contributed by atoms with E-state index in [0.717, 1.165) is 0 Å². The number of hydrogen-bond acceptors (Lipinski definition) is 3. The van der Waals surface area contributed by atoms with Crippen molar-refractivity contribution in [3.05, 3.63) is 27.1 Å². The smallest absolute Gasteiger partial charge is 0.0916 e. The summed E-state index contributed by atoms with van der Waals surface area (Å²) in [7, 11) is -4.66. The van der Waals surface area contributed by atoms with Gasteiger partial charge in [0, 0.05) is 4.47 Å². The van der Waals surface area contributed by atoms with Gasteiger partial charge < -0.3 is 14.7 Å². The van der Waals surface area contributed by atoms with Gasteiger partial charge in [-0.1, -0.05) is 6.07 Å². The van der Waals surface area contributed by atoms with E-state index < -0.39 is 7.94 Å². The van der Waals surface area contributed by atoms with Gasteiger partial charge >= 0.3 is 0 Å². The van der Waals surface area contributed by atoms with Crippen LogP contribution >= 0.6 is 39.8 Å². The molecule has 0 radical (unpaired) electrons. The number of rotatable bonds is 1. The largest absolute Gasteiger partial charge is 0.683 e. The minimum atomic E-state index is -4.66. The van der Waals surface area contributed by atoms with Crippen LogP contribution in [0.15, 0.2) is 27.1 Å². The third-order valence-corrected chi connectivity index (χ3v) is 4.54. The first-order valence-corrected chi connectivity index (χ1v) is 6.02. The Kier molecular flexibility index (Phi) is 3.26. The number of halogens is 2. The predicted octanol–water partition coefficient (Wildman–Crippen LogP) is -0.320. The Bertz CT molecular complexity index is 297. The van der Waals surface area contributed by atoms with Crippen molar-refractivity contribution in [2.45, 2.75) is 0 Å². The quantitative estimate of drug-likeness (QED) is 0.667. The highest BCUT2D eigenvalue weighted by Crippen LogP contribution is 2.34. The first kappa shape index (κ1) is 10.6. The summed E-state index contributed by atoms with van der Waals surface area (Å²) in [4.78, 5) is 31.9. The molecule has 1 aromatic rings. The zero-order chi connectivity index (χ0) is 9.35. The van der Waals surface area contributed by atoms with Crippen LogP contribution in [0.1, 0.15) is 0 Å². The van der Waals surface area contributed by atoms with Crippen molar-refractivity contribution >= 4 is 45.1 Å². The Morgan fingerprint density at radius 2 is 1.67 bits per heavy atom. The molecule has 0 aromatic heterocycles. The van der Waals surface area contributed by atoms with Crippen LogP contribution in [-0.2, 0) is 0 Å². The van der Waals surface area contributed by atoms with Crippen molar-refractivity contribution < 1.29 is 14.7 Å². The lowest BCUT2D eigenvalue weighted by Gasteiger charge is -2.42. The van der Waals surface area contributed by atoms with E-state index >= 15 is 0 Å². The molecule has 0 aliphatic rings.